The first-order valence-electron chi connectivity index (χ1n) is 7.72. The Kier molecular flexibility index (Phi) is 6.04. The molecule has 9 heteroatoms. The molecular weight excluding hydrogens is 363 g/mol. The zero-order valence-electron chi connectivity index (χ0n) is 13.9. The van der Waals surface area contributed by atoms with E-state index in [0.717, 1.165) is 29.8 Å². The summed E-state index contributed by atoms with van der Waals surface area (Å²) in [5, 5.41) is 11.8. The average Bonchev–Trinajstić information content (AvgIpc) is 2.62. The van der Waals surface area contributed by atoms with E-state index in [1.807, 2.05) is 0 Å². The predicted octanol–water partition coefficient (Wildman–Crippen LogP) is 2.25. The zero-order valence-corrected chi connectivity index (χ0v) is 14.7. The van der Waals surface area contributed by atoms with E-state index in [-0.39, 0.29) is 22.9 Å². The summed E-state index contributed by atoms with van der Waals surface area (Å²) in [6.45, 7) is 1.45. The van der Waals surface area contributed by atoms with Crippen LogP contribution in [0.2, 0.25) is 0 Å². The van der Waals surface area contributed by atoms with Gasteiger partial charge < -0.3 is 5.32 Å². The molecular formula is C17H17FN2O5S. The monoisotopic (exact) mass is 380 g/mol. The molecule has 0 saturated heterocycles. The maximum absolute atomic E-state index is 12.8. The number of hydrogen-bond donors (Lipinski definition) is 1. The molecule has 0 saturated carbocycles. The lowest BCUT2D eigenvalue weighted by molar-refractivity contribution is -0.384. The molecule has 0 aliphatic heterocycles. The van der Waals surface area contributed by atoms with Crippen LogP contribution in [-0.2, 0) is 21.1 Å². The van der Waals surface area contributed by atoms with Crippen molar-refractivity contribution >= 4 is 21.4 Å². The first-order valence-corrected chi connectivity index (χ1v) is 9.27. The van der Waals surface area contributed by atoms with E-state index in [9.17, 15) is 27.7 Å². The number of rotatable bonds is 7. The van der Waals surface area contributed by atoms with E-state index < -0.39 is 25.9 Å². The van der Waals surface area contributed by atoms with Crippen molar-refractivity contribution in [1.82, 2.24) is 5.32 Å². The van der Waals surface area contributed by atoms with Crippen molar-refractivity contribution in [1.29, 1.82) is 0 Å². The third-order valence-corrected chi connectivity index (χ3v) is 5.91. The number of nitro groups is 1. The molecule has 1 atom stereocenters. The number of hydrogen-bond acceptors (Lipinski definition) is 5. The second kappa shape index (κ2) is 8.05. The number of carbonyl (C=O) groups excluding carboxylic acids is 1. The largest absolute Gasteiger partial charge is 0.355 e. The van der Waals surface area contributed by atoms with Gasteiger partial charge in [0, 0.05) is 18.7 Å². The van der Waals surface area contributed by atoms with Gasteiger partial charge in [0.2, 0.25) is 5.91 Å². The van der Waals surface area contributed by atoms with Gasteiger partial charge in [-0.1, -0.05) is 12.1 Å². The zero-order chi connectivity index (χ0) is 19.3. The summed E-state index contributed by atoms with van der Waals surface area (Å²) in [5.41, 5.74) is 0.568. The Balaban J connectivity index is 1.99. The summed E-state index contributed by atoms with van der Waals surface area (Å²) in [5.74, 6) is -1.04. The summed E-state index contributed by atoms with van der Waals surface area (Å²) in [4.78, 5) is 22.0. The highest BCUT2D eigenvalue weighted by Gasteiger charge is 2.29. The van der Waals surface area contributed by atoms with Crippen LogP contribution in [0.1, 0.15) is 12.5 Å². The minimum Gasteiger partial charge on any atom is -0.355 e. The van der Waals surface area contributed by atoms with Gasteiger partial charge in [0.15, 0.2) is 9.84 Å². The lowest BCUT2D eigenvalue weighted by atomic mass is 10.1. The molecule has 0 unspecified atom stereocenters. The van der Waals surface area contributed by atoms with Gasteiger partial charge in [-0.2, -0.15) is 0 Å². The van der Waals surface area contributed by atoms with Gasteiger partial charge in [0.1, 0.15) is 11.1 Å². The maximum atomic E-state index is 12.8. The van der Waals surface area contributed by atoms with Crippen molar-refractivity contribution in [2.24, 2.45) is 0 Å². The van der Waals surface area contributed by atoms with E-state index >= 15 is 0 Å². The molecule has 0 spiro atoms. The van der Waals surface area contributed by atoms with Crippen molar-refractivity contribution < 1.29 is 22.5 Å². The predicted molar refractivity (Wildman–Crippen MR) is 92.9 cm³/mol. The number of nitrogens with one attached hydrogen (secondary N) is 1. The molecule has 138 valence electrons. The lowest BCUT2D eigenvalue weighted by Gasteiger charge is -2.13. The fraction of sp³-hybridized carbons (Fsp3) is 0.235. The van der Waals surface area contributed by atoms with Crippen LogP contribution >= 0.6 is 0 Å². The SMILES string of the molecule is C[C@@H](C(=O)NCCc1ccc(F)cc1)S(=O)(=O)c1ccc([N+](=O)[O-])cc1. The summed E-state index contributed by atoms with van der Waals surface area (Å²) in [7, 11) is -3.97. The third kappa shape index (κ3) is 4.63. The Morgan fingerprint density at radius 3 is 2.27 bits per heavy atom. The highest BCUT2D eigenvalue weighted by atomic mass is 32.2. The average molecular weight is 380 g/mol. The van der Waals surface area contributed by atoms with Crippen molar-refractivity contribution in [3.05, 3.63) is 70.0 Å². The quantitative estimate of drug-likeness (QED) is 0.586. The number of nitrogens with zero attached hydrogens (tertiary/aromatic N) is 1. The first-order chi connectivity index (χ1) is 12.2. The molecule has 7 nitrogen and oxygen atoms in total. The van der Waals surface area contributed by atoms with Crippen LogP contribution in [0.15, 0.2) is 53.4 Å². The molecule has 0 aliphatic carbocycles. The van der Waals surface area contributed by atoms with Crippen molar-refractivity contribution in [3.8, 4) is 0 Å². The first kappa shape index (κ1) is 19.5. The molecule has 0 heterocycles. The number of benzene rings is 2. The molecule has 0 radical (unpaired) electrons. The molecule has 1 N–H and O–H groups in total. The Labute approximate surface area is 149 Å². The van der Waals surface area contributed by atoms with Gasteiger partial charge in [-0.05, 0) is 43.2 Å². The Morgan fingerprint density at radius 1 is 1.15 bits per heavy atom. The topological polar surface area (TPSA) is 106 Å². The number of carbonyl (C=O) groups is 1. The number of nitro benzene ring substituents is 1. The lowest BCUT2D eigenvalue weighted by Crippen LogP contribution is -2.38. The van der Waals surface area contributed by atoms with E-state index in [0.29, 0.717) is 6.42 Å². The molecule has 2 aromatic carbocycles. The second-order valence-corrected chi connectivity index (χ2v) is 7.87. The number of amides is 1. The van der Waals surface area contributed by atoms with Crippen LogP contribution in [-0.4, -0.2) is 31.0 Å². The number of halogens is 1. The smallest absolute Gasteiger partial charge is 0.269 e. The van der Waals surface area contributed by atoms with Crippen LogP contribution in [0.5, 0.6) is 0 Å². The minimum atomic E-state index is -3.97. The highest BCUT2D eigenvalue weighted by Crippen LogP contribution is 2.20. The molecule has 0 aliphatic rings. The number of non-ortho nitro benzene ring substituents is 1. The van der Waals surface area contributed by atoms with Crippen LogP contribution in [0, 0.1) is 15.9 Å². The standard InChI is InChI=1S/C17H17FN2O5S/c1-12(17(21)19-11-10-13-2-4-14(18)5-3-13)26(24,25)16-8-6-15(7-9-16)20(22)23/h2-9,12H,10-11H2,1H3,(H,19,21)/t12-/m0/s1. The summed E-state index contributed by atoms with van der Waals surface area (Å²) in [6.07, 6.45) is 0.427. The molecule has 0 aromatic heterocycles. The maximum Gasteiger partial charge on any atom is 0.269 e. The van der Waals surface area contributed by atoms with Crippen molar-refractivity contribution in [2.75, 3.05) is 6.54 Å². The van der Waals surface area contributed by atoms with Gasteiger partial charge in [0.05, 0.1) is 9.82 Å². The van der Waals surface area contributed by atoms with Crippen molar-refractivity contribution in [3.63, 3.8) is 0 Å². The van der Waals surface area contributed by atoms with Crippen LogP contribution in [0.4, 0.5) is 10.1 Å². The van der Waals surface area contributed by atoms with Crippen LogP contribution in [0.25, 0.3) is 0 Å². The molecule has 26 heavy (non-hydrogen) atoms. The second-order valence-electron chi connectivity index (χ2n) is 5.61. The van der Waals surface area contributed by atoms with E-state index in [1.165, 1.54) is 19.1 Å². The summed E-state index contributed by atoms with van der Waals surface area (Å²) in [6, 6.07) is 10.1. The highest BCUT2D eigenvalue weighted by molar-refractivity contribution is 7.92. The normalized spacial score (nSPS) is 12.4. The van der Waals surface area contributed by atoms with Crippen molar-refractivity contribution in [2.45, 2.75) is 23.5 Å². The molecule has 2 aromatic rings. The third-order valence-electron chi connectivity index (χ3n) is 3.84. The summed E-state index contributed by atoms with van der Waals surface area (Å²) >= 11 is 0. The minimum absolute atomic E-state index is 0.163. The molecule has 0 fully saturated rings. The van der Waals surface area contributed by atoms with E-state index in [4.69, 9.17) is 0 Å². The van der Waals surface area contributed by atoms with E-state index in [2.05, 4.69) is 5.32 Å². The number of sulfone groups is 1. The molecule has 1 amide bonds. The Hall–Kier alpha value is -2.81. The van der Waals surface area contributed by atoms with Gasteiger partial charge in [-0.3, -0.25) is 14.9 Å². The van der Waals surface area contributed by atoms with Crippen LogP contribution in [0.3, 0.4) is 0 Å². The molecule has 0 bridgehead atoms. The Bertz CT molecular complexity index is 896. The van der Waals surface area contributed by atoms with Gasteiger partial charge >= 0.3 is 0 Å². The fourth-order valence-corrected chi connectivity index (χ4v) is 3.52. The van der Waals surface area contributed by atoms with Gasteiger partial charge in [0.25, 0.3) is 5.69 Å². The fourth-order valence-electron chi connectivity index (χ4n) is 2.23. The van der Waals surface area contributed by atoms with Gasteiger partial charge in [-0.25, -0.2) is 12.8 Å². The van der Waals surface area contributed by atoms with Crippen LogP contribution < -0.4 is 5.32 Å². The molecule has 2 rings (SSSR count). The summed E-state index contributed by atoms with van der Waals surface area (Å²) < 4.78 is 37.7. The van der Waals surface area contributed by atoms with E-state index in [1.54, 1.807) is 12.1 Å². The Morgan fingerprint density at radius 2 is 1.73 bits per heavy atom. The van der Waals surface area contributed by atoms with Gasteiger partial charge in [-0.15, -0.1) is 0 Å².